The number of aliphatic hydroxyl groups is 1. The number of aromatic nitrogens is 2. The van der Waals surface area contributed by atoms with Gasteiger partial charge >= 0.3 is 0 Å². The van der Waals surface area contributed by atoms with Crippen molar-refractivity contribution in [3.8, 4) is 0 Å². The van der Waals surface area contributed by atoms with Gasteiger partial charge in [-0.05, 0) is 31.7 Å². The number of aryl methyl sites for hydroxylation is 2. The van der Waals surface area contributed by atoms with E-state index in [0.717, 1.165) is 44.5 Å². The number of carbonyl (C=O) groups is 1. The third-order valence-corrected chi connectivity index (χ3v) is 5.54. The van der Waals surface area contributed by atoms with Crippen molar-refractivity contribution in [2.24, 2.45) is 5.92 Å². The van der Waals surface area contributed by atoms with E-state index in [1.807, 2.05) is 43.5 Å². The number of carbonyl (C=O) groups excluding carboxylic acids is 1. The van der Waals surface area contributed by atoms with Crippen molar-refractivity contribution in [1.82, 2.24) is 14.9 Å². The molecule has 0 saturated heterocycles. The Bertz CT molecular complexity index is 707. The lowest BCUT2D eigenvalue weighted by atomic mass is 9.73. The van der Waals surface area contributed by atoms with Crippen LogP contribution in [-0.4, -0.2) is 27.1 Å². The fourth-order valence-electron chi connectivity index (χ4n) is 3.99. The molecular weight excluding hydrogens is 326 g/mol. The first-order valence-corrected chi connectivity index (χ1v) is 9.66. The summed E-state index contributed by atoms with van der Waals surface area (Å²) in [6.07, 6.45) is 9.66. The Morgan fingerprint density at radius 2 is 2.00 bits per heavy atom. The van der Waals surface area contributed by atoms with Crippen molar-refractivity contribution < 1.29 is 9.90 Å². The highest BCUT2D eigenvalue weighted by Gasteiger charge is 2.45. The lowest BCUT2D eigenvalue weighted by molar-refractivity contribution is -0.149. The van der Waals surface area contributed by atoms with Gasteiger partial charge in [0, 0.05) is 31.4 Å². The summed E-state index contributed by atoms with van der Waals surface area (Å²) in [7, 11) is 0. The molecule has 1 aliphatic carbocycles. The van der Waals surface area contributed by atoms with E-state index in [2.05, 4.69) is 14.9 Å². The van der Waals surface area contributed by atoms with Gasteiger partial charge in [-0.3, -0.25) is 4.79 Å². The lowest BCUT2D eigenvalue weighted by Gasteiger charge is -2.37. The Morgan fingerprint density at radius 3 is 2.65 bits per heavy atom. The topological polar surface area (TPSA) is 67.2 Å². The molecule has 1 amide bonds. The Balaban J connectivity index is 1.66. The molecule has 0 radical (unpaired) electrons. The first-order chi connectivity index (χ1) is 12.6. The third kappa shape index (κ3) is 3.98. The molecule has 26 heavy (non-hydrogen) atoms. The van der Waals surface area contributed by atoms with Crippen LogP contribution in [0.15, 0.2) is 42.7 Å². The maximum absolute atomic E-state index is 13.0. The minimum atomic E-state index is -1.44. The van der Waals surface area contributed by atoms with E-state index in [4.69, 9.17) is 0 Å². The normalized spacial score (nSPS) is 17.6. The van der Waals surface area contributed by atoms with Crippen LogP contribution in [0.2, 0.25) is 0 Å². The summed E-state index contributed by atoms with van der Waals surface area (Å²) in [5.41, 5.74) is -0.734. The van der Waals surface area contributed by atoms with Crippen LogP contribution in [0.1, 0.15) is 49.9 Å². The average molecular weight is 355 g/mol. The number of benzene rings is 1. The summed E-state index contributed by atoms with van der Waals surface area (Å²) < 4.78 is 2.07. The van der Waals surface area contributed by atoms with E-state index in [9.17, 15) is 9.90 Å². The number of nitrogens with one attached hydrogen (secondary N) is 1. The second kappa shape index (κ2) is 8.49. The Morgan fingerprint density at radius 1 is 1.27 bits per heavy atom. The number of amides is 1. The summed E-state index contributed by atoms with van der Waals surface area (Å²) in [4.78, 5) is 17.2. The number of nitrogens with zero attached hydrogens (tertiary/aromatic N) is 2. The highest BCUT2D eigenvalue weighted by atomic mass is 16.3. The van der Waals surface area contributed by atoms with Crippen LogP contribution < -0.4 is 5.32 Å². The lowest BCUT2D eigenvalue weighted by Crippen LogP contribution is -2.50. The molecule has 0 aliphatic heterocycles. The van der Waals surface area contributed by atoms with Gasteiger partial charge < -0.3 is 15.0 Å². The van der Waals surface area contributed by atoms with Crippen LogP contribution in [0, 0.1) is 12.8 Å². The van der Waals surface area contributed by atoms with E-state index in [1.165, 1.54) is 6.42 Å². The monoisotopic (exact) mass is 355 g/mol. The molecule has 140 valence electrons. The second-order valence-electron chi connectivity index (χ2n) is 7.24. The average Bonchev–Trinajstić information content (AvgIpc) is 3.10. The molecule has 5 heteroatoms. The van der Waals surface area contributed by atoms with Gasteiger partial charge in [0.25, 0.3) is 5.91 Å². The quantitative estimate of drug-likeness (QED) is 0.750. The maximum atomic E-state index is 13.0. The van der Waals surface area contributed by atoms with Gasteiger partial charge in [0.15, 0.2) is 5.60 Å². The molecule has 0 bridgehead atoms. The van der Waals surface area contributed by atoms with Crippen molar-refractivity contribution in [3.63, 3.8) is 0 Å². The van der Waals surface area contributed by atoms with Crippen LogP contribution in [-0.2, 0) is 16.9 Å². The van der Waals surface area contributed by atoms with Crippen molar-refractivity contribution in [2.45, 2.75) is 57.6 Å². The zero-order valence-corrected chi connectivity index (χ0v) is 15.5. The number of rotatable bonds is 7. The molecule has 1 unspecified atom stereocenters. The van der Waals surface area contributed by atoms with E-state index < -0.39 is 5.60 Å². The molecule has 1 aliphatic rings. The van der Waals surface area contributed by atoms with Gasteiger partial charge in [0.2, 0.25) is 0 Å². The smallest absolute Gasteiger partial charge is 0.256 e. The molecule has 1 aromatic heterocycles. The predicted octanol–water partition coefficient (Wildman–Crippen LogP) is 3.17. The Kier molecular flexibility index (Phi) is 6.09. The highest BCUT2D eigenvalue weighted by Crippen LogP contribution is 2.39. The fraction of sp³-hybridized carbons (Fsp3) is 0.524. The van der Waals surface area contributed by atoms with Crippen molar-refractivity contribution >= 4 is 5.91 Å². The number of hydrogen-bond acceptors (Lipinski definition) is 3. The van der Waals surface area contributed by atoms with Crippen LogP contribution in [0.4, 0.5) is 0 Å². The third-order valence-electron chi connectivity index (χ3n) is 5.54. The molecule has 1 atom stereocenters. The summed E-state index contributed by atoms with van der Waals surface area (Å²) in [5, 5.41) is 14.5. The van der Waals surface area contributed by atoms with Crippen molar-refractivity contribution in [2.75, 3.05) is 6.54 Å². The zero-order chi connectivity index (χ0) is 18.4. The van der Waals surface area contributed by atoms with Gasteiger partial charge in [-0.2, -0.15) is 0 Å². The van der Waals surface area contributed by atoms with Gasteiger partial charge in [-0.15, -0.1) is 0 Å². The maximum Gasteiger partial charge on any atom is 0.256 e. The van der Waals surface area contributed by atoms with E-state index in [-0.39, 0.29) is 11.8 Å². The standard InChI is InChI=1S/C21H29N3O2/c1-17-22-14-16-24(17)15-8-13-23-20(25)21(26,18-9-4-2-5-10-18)19-11-6-3-7-12-19/h2,4-5,9-10,14,16,19,26H,3,6-8,11-13,15H2,1H3,(H,23,25). The summed E-state index contributed by atoms with van der Waals surface area (Å²) in [6.45, 7) is 3.31. The van der Waals surface area contributed by atoms with E-state index in [0.29, 0.717) is 12.1 Å². The minimum absolute atomic E-state index is 0.0189. The molecule has 0 spiro atoms. The van der Waals surface area contributed by atoms with Crippen LogP contribution in [0.5, 0.6) is 0 Å². The van der Waals surface area contributed by atoms with Gasteiger partial charge in [-0.25, -0.2) is 4.98 Å². The summed E-state index contributed by atoms with van der Waals surface area (Å²) in [6, 6.07) is 9.42. The fourth-order valence-corrected chi connectivity index (χ4v) is 3.99. The van der Waals surface area contributed by atoms with Crippen LogP contribution in [0.25, 0.3) is 0 Å². The largest absolute Gasteiger partial charge is 0.375 e. The Hall–Kier alpha value is -2.14. The van der Waals surface area contributed by atoms with Crippen molar-refractivity contribution in [1.29, 1.82) is 0 Å². The molecule has 1 heterocycles. The van der Waals surface area contributed by atoms with Gasteiger partial charge in [-0.1, -0.05) is 49.6 Å². The molecular formula is C21H29N3O2. The first kappa shape index (κ1) is 18.6. The van der Waals surface area contributed by atoms with Crippen molar-refractivity contribution in [3.05, 3.63) is 54.1 Å². The SMILES string of the molecule is Cc1nccn1CCCNC(=O)C(O)(c1ccccc1)C1CCCCC1. The second-order valence-corrected chi connectivity index (χ2v) is 7.24. The molecule has 1 saturated carbocycles. The minimum Gasteiger partial charge on any atom is -0.375 e. The van der Waals surface area contributed by atoms with E-state index in [1.54, 1.807) is 6.20 Å². The molecule has 2 aromatic rings. The molecule has 1 aromatic carbocycles. The first-order valence-electron chi connectivity index (χ1n) is 9.66. The Labute approximate surface area is 155 Å². The molecule has 1 fully saturated rings. The number of hydrogen-bond donors (Lipinski definition) is 2. The summed E-state index contributed by atoms with van der Waals surface area (Å²) >= 11 is 0. The molecule has 3 rings (SSSR count). The van der Waals surface area contributed by atoms with Gasteiger partial charge in [0.1, 0.15) is 5.82 Å². The molecule has 5 nitrogen and oxygen atoms in total. The highest BCUT2D eigenvalue weighted by molar-refractivity contribution is 5.86. The van der Waals surface area contributed by atoms with Crippen LogP contribution >= 0.6 is 0 Å². The number of imidazole rings is 1. The predicted molar refractivity (Wildman–Crippen MR) is 102 cm³/mol. The van der Waals surface area contributed by atoms with Crippen LogP contribution in [0.3, 0.4) is 0 Å². The van der Waals surface area contributed by atoms with E-state index >= 15 is 0 Å². The molecule has 2 N–H and O–H groups in total. The zero-order valence-electron chi connectivity index (χ0n) is 15.5. The van der Waals surface area contributed by atoms with Gasteiger partial charge in [0.05, 0.1) is 0 Å². The summed E-state index contributed by atoms with van der Waals surface area (Å²) in [5.74, 6) is 0.687.